The molecule has 26 heavy (non-hydrogen) atoms. The van der Waals surface area contributed by atoms with Crippen LogP contribution in [0, 0.1) is 6.92 Å². The number of rotatable bonds is 3. The van der Waals surface area contributed by atoms with Gasteiger partial charge in [-0.25, -0.2) is 9.38 Å². The van der Waals surface area contributed by atoms with E-state index in [4.69, 9.17) is 11.6 Å². The Hall–Kier alpha value is -2.76. The molecule has 0 N–H and O–H groups in total. The third kappa shape index (κ3) is 3.07. The second-order valence-corrected chi connectivity index (χ2v) is 7.06. The van der Waals surface area contributed by atoms with Crippen molar-refractivity contribution < 1.29 is 0 Å². The molecule has 0 atom stereocenters. The molecule has 0 unspecified atom stereocenters. The molecule has 3 heterocycles. The summed E-state index contributed by atoms with van der Waals surface area (Å²) >= 11 is 7.74. The molecule has 0 saturated heterocycles. The predicted octanol–water partition coefficient (Wildman–Crippen LogP) is 4.95. The molecular weight excluding hydrogens is 366 g/mol. The van der Waals surface area contributed by atoms with Crippen LogP contribution in [0.5, 0.6) is 0 Å². The van der Waals surface area contributed by atoms with Crippen LogP contribution in [0.25, 0.3) is 28.4 Å². The highest BCUT2D eigenvalue weighted by molar-refractivity contribution is 7.15. The highest BCUT2D eigenvalue weighted by atomic mass is 35.5. The summed E-state index contributed by atoms with van der Waals surface area (Å²) in [5, 5.41) is 2.04. The van der Waals surface area contributed by atoms with Crippen molar-refractivity contribution in [2.75, 3.05) is 0 Å². The van der Waals surface area contributed by atoms with E-state index >= 15 is 0 Å². The predicted molar refractivity (Wildman–Crippen MR) is 108 cm³/mol. The molecule has 6 heteroatoms. The van der Waals surface area contributed by atoms with E-state index in [9.17, 15) is 4.79 Å². The van der Waals surface area contributed by atoms with Crippen LogP contribution < -0.4 is 5.56 Å². The van der Waals surface area contributed by atoms with E-state index in [0.29, 0.717) is 10.7 Å². The van der Waals surface area contributed by atoms with Crippen molar-refractivity contribution in [1.82, 2.24) is 14.4 Å². The summed E-state index contributed by atoms with van der Waals surface area (Å²) in [7, 11) is 0. The maximum absolute atomic E-state index is 12.8. The topological polar surface area (TPSA) is 47.3 Å². The molecule has 0 saturated carbocycles. The van der Waals surface area contributed by atoms with E-state index < -0.39 is 0 Å². The molecule has 0 fully saturated rings. The van der Waals surface area contributed by atoms with Crippen molar-refractivity contribution in [3.63, 3.8) is 0 Å². The van der Waals surface area contributed by atoms with Crippen LogP contribution in [0.4, 0.5) is 0 Å². The van der Waals surface area contributed by atoms with Gasteiger partial charge in [-0.1, -0.05) is 53.6 Å². The fourth-order valence-electron chi connectivity index (χ4n) is 2.63. The van der Waals surface area contributed by atoms with Crippen molar-refractivity contribution in [2.24, 2.45) is 0 Å². The van der Waals surface area contributed by atoms with E-state index in [-0.39, 0.29) is 10.6 Å². The fourth-order valence-corrected chi connectivity index (χ4v) is 3.72. The van der Waals surface area contributed by atoms with Crippen LogP contribution in [-0.4, -0.2) is 14.4 Å². The SMILES string of the molecule is Cc1ccc(-c2csc3nc(C=Cc4cccnc4)c(Cl)c(=O)n23)cc1. The number of aromatic nitrogens is 3. The lowest BCUT2D eigenvalue weighted by Gasteiger charge is -2.04. The van der Waals surface area contributed by atoms with Gasteiger partial charge >= 0.3 is 0 Å². The lowest BCUT2D eigenvalue weighted by atomic mass is 10.1. The summed E-state index contributed by atoms with van der Waals surface area (Å²) in [5.41, 5.74) is 4.03. The van der Waals surface area contributed by atoms with Crippen molar-refractivity contribution in [2.45, 2.75) is 6.92 Å². The van der Waals surface area contributed by atoms with E-state index in [2.05, 4.69) is 9.97 Å². The van der Waals surface area contributed by atoms with Gasteiger partial charge in [-0.3, -0.25) is 9.78 Å². The number of halogens is 1. The highest BCUT2D eigenvalue weighted by Gasteiger charge is 2.14. The molecule has 4 aromatic rings. The molecule has 0 spiro atoms. The smallest absolute Gasteiger partial charge is 0.267 e. The average molecular weight is 380 g/mol. The zero-order valence-corrected chi connectivity index (χ0v) is 15.5. The molecule has 4 rings (SSSR count). The first kappa shape index (κ1) is 16.7. The van der Waals surface area contributed by atoms with Crippen LogP contribution in [0.3, 0.4) is 0 Å². The Morgan fingerprint density at radius 2 is 1.96 bits per heavy atom. The average Bonchev–Trinajstić information content (AvgIpc) is 3.09. The van der Waals surface area contributed by atoms with Crippen molar-refractivity contribution >= 4 is 40.1 Å². The van der Waals surface area contributed by atoms with Crippen LogP contribution >= 0.6 is 22.9 Å². The minimum Gasteiger partial charge on any atom is -0.267 e. The maximum atomic E-state index is 12.8. The summed E-state index contributed by atoms with van der Waals surface area (Å²) in [6.45, 7) is 2.03. The Labute approximate surface area is 159 Å². The Morgan fingerprint density at radius 3 is 2.69 bits per heavy atom. The minimum absolute atomic E-state index is 0.106. The number of pyridine rings is 1. The molecule has 0 radical (unpaired) electrons. The summed E-state index contributed by atoms with van der Waals surface area (Å²) in [4.78, 5) is 22.1. The van der Waals surface area contributed by atoms with Gasteiger partial charge in [0.05, 0.1) is 11.4 Å². The number of aryl methyl sites for hydroxylation is 1. The van der Waals surface area contributed by atoms with Crippen molar-refractivity contribution in [1.29, 1.82) is 0 Å². The van der Waals surface area contributed by atoms with Gasteiger partial charge in [-0.2, -0.15) is 0 Å². The summed E-state index contributed by atoms with van der Waals surface area (Å²) in [6, 6.07) is 11.8. The molecule has 128 valence electrons. The van der Waals surface area contributed by atoms with Crippen LogP contribution in [-0.2, 0) is 0 Å². The van der Waals surface area contributed by atoms with Gasteiger partial charge in [-0.05, 0) is 30.2 Å². The van der Waals surface area contributed by atoms with Crippen LogP contribution in [0.1, 0.15) is 16.8 Å². The normalized spacial score (nSPS) is 11.5. The standard InChI is InChI=1S/C20H14ClN3OS/c1-13-4-7-15(8-5-13)17-12-26-20-23-16(18(21)19(25)24(17)20)9-6-14-3-2-10-22-11-14/h2-12H,1H3. The number of thiazole rings is 1. The molecule has 0 bridgehead atoms. The molecule has 4 nitrogen and oxygen atoms in total. The molecule has 3 aromatic heterocycles. The minimum atomic E-state index is -0.265. The number of fused-ring (bicyclic) bond motifs is 1. The Bertz CT molecular complexity index is 1160. The summed E-state index contributed by atoms with van der Waals surface area (Å²) < 4.78 is 1.57. The van der Waals surface area contributed by atoms with Gasteiger partial charge < -0.3 is 0 Å². The van der Waals surface area contributed by atoms with Crippen molar-refractivity contribution in [3.8, 4) is 11.3 Å². The monoisotopic (exact) mass is 379 g/mol. The largest absolute Gasteiger partial charge is 0.278 e. The van der Waals surface area contributed by atoms with E-state index in [0.717, 1.165) is 16.8 Å². The van der Waals surface area contributed by atoms with Gasteiger partial charge in [0.1, 0.15) is 5.02 Å². The van der Waals surface area contributed by atoms with Gasteiger partial charge in [0.25, 0.3) is 5.56 Å². The second kappa shape index (κ2) is 6.86. The summed E-state index contributed by atoms with van der Waals surface area (Å²) in [6.07, 6.45) is 7.02. The number of hydrogen-bond acceptors (Lipinski definition) is 4. The van der Waals surface area contributed by atoms with Gasteiger partial charge in [-0.15, -0.1) is 11.3 Å². The molecule has 0 aliphatic rings. The first-order valence-electron chi connectivity index (χ1n) is 7.98. The fraction of sp³-hybridized carbons (Fsp3) is 0.0500. The molecule has 0 aliphatic carbocycles. The second-order valence-electron chi connectivity index (χ2n) is 5.84. The Kier molecular flexibility index (Phi) is 4.41. The zero-order valence-electron chi connectivity index (χ0n) is 13.9. The zero-order chi connectivity index (χ0) is 18.1. The first-order chi connectivity index (χ1) is 12.6. The highest BCUT2D eigenvalue weighted by Crippen LogP contribution is 2.26. The Balaban J connectivity index is 1.82. The van der Waals surface area contributed by atoms with Crippen LogP contribution in [0.2, 0.25) is 5.02 Å². The quantitative estimate of drug-likeness (QED) is 0.506. The van der Waals surface area contributed by atoms with E-state index in [1.165, 1.54) is 16.9 Å². The first-order valence-corrected chi connectivity index (χ1v) is 9.24. The molecule has 1 aromatic carbocycles. The lowest BCUT2D eigenvalue weighted by Crippen LogP contribution is -2.16. The molecule has 0 aliphatic heterocycles. The molecule has 0 amide bonds. The summed E-state index contributed by atoms with van der Waals surface area (Å²) in [5.74, 6) is 0. The number of nitrogens with zero attached hydrogens (tertiary/aromatic N) is 3. The molecular formula is C20H14ClN3OS. The van der Waals surface area contributed by atoms with E-state index in [1.54, 1.807) is 22.9 Å². The third-order valence-electron chi connectivity index (χ3n) is 4.01. The lowest BCUT2D eigenvalue weighted by molar-refractivity contribution is 1.08. The van der Waals surface area contributed by atoms with E-state index in [1.807, 2.05) is 54.8 Å². The van der Waals surface area contributed by atoms with Crippen molar-refractivity contribution in [3.05, 3.63) is 86.4 Å². The van der Waals surface area contributed by atoms with Gasteiger partial charge in [0, 0.05) is 17.8 Å². The number of hydrogen-bond donors (Lipinski definition) is 0. The Morgan fingerprint density at radius 1 is 1.15 bits per heavy atom. The van der Waals surface area contributed by atoms with Crippen LogP contribution in [0.15, 0.2) is 59.0 Å². The van der Waals surface area contributed by atoms with Gasteiger partial charge in [0.2, 0.25) is 0 Å². The number of benzene rings is 1. The maximum Gasteiger partial charge on any atom is 0.278 e. The third-order valence-corrected chi connectivity index (χ3v) is 5.19. The van der Waals surface area contributed by atoms with Gasteiger partial charge in [0.15, 0.2) is 4.96 Å².